The summed E-state index contributed by atoms with van der Waals surface area (Å²) >= 11 is 0. The molecule has 1 aromatic rings. The van der Waals surface area contributed by atoms with Crippen molar-refractivity contribution in [2.24, 2.45) is 5.73 Å². The van der Waals surface area contributed by atoms with Gasteiger partial charge in [-0.15, -0.1) is 0 Å². The van der Waals surface area contributed by atoms with E-state index in [0.717, 1.165) is 36.9 Å². The van der Waals surface area contributed by atoms with Crippen molar-refractivity contribution >= 4 is 17.5 Å². The number of para-hydroxylation sites is 1. The van der Waals surface area contributed by atoms with Crippen LogP contribution in [0.15, 0.2) is 24.3 Å². The minimum Gasteiger partial charge on any atom is -0.335 e. The van der Waals surface area contributed by atoms with Gasteiger partial charge in [0, 0.05) is 18.3 Å². The smallest absolute Gasteiger partial charge is 0.247 e. The Labute approximate surface area is 124 Å². The Morgan fingerprint density at radius 1 is 1.05 bits per heavy atom. The lowest BCUT2D eigenvalue weighted by Gasteiger charge is -2.36. The van der Waals surface area contributed by atoms with Crippen molar-refractivity contribution in [2.45, 2.75) is 31.2 Å². The largest absolute Gasteiger partial charge is 0.335 e. The van der Waals surface area contributed by atoms with Crippen LogP contribution in [0.4, 0.5) is 5.69 Å². The number of carbonyl (C=O) groups excluding carboxylic acids is 2. The maximum absolute atomic E-state index is 12.3. The van der Waals surface area contributed by atoms with Crippen molar-refractivity contribution in [3.05, 3.63) is 29.8 Å². The van der Waals surface area contributed by atoms with Gasteiger partial charge in [-0.3, -0.25) is 9.59 Å². The van der Waals surface area contributed by atoms with E-state index < -0.39 is 0 Å². The first-order chi connectivity index (χ1) is 10.0. The van der Waals surface area contributed by atoms with Gasteiger partial charge in [0.05, 0.1) is 6.54 Å². The van der Waals surface area contributed by atoms with E-state index in [0.29, 0.717) is 0 Å². The molecule has 0 unspecified atom stereocenters. The van der Waals surface area contributed by atoms with E-state index in [4.69, 9.17) is 5.73 Å². The van der Waals surface area contributed by atoms with Gasteiger partial charge in [-0.2, -0.15) is 0 Å². The fraction of sp³-hybridized carbons (Fsp3) is 0.500. The Bertz CT molecular complexity index is 579. The van der Waals surface area contributed by atoms with E-state index in [2.05, 4.69) is 0 Å². The molecule has 5 heteroatoms. The summed E-state index contributed by atoms with van der Waals surface area (Å²) in [6.45, 7) is 0.229. The van der Waals surface area contributed by atoms with Crippen LogP contribution >= 0.6 is 0 Å². The molecule has 0 bridgehead atoms. The molecule has 2 N–H and O–H groups in total. The summed E-state index contributed by atoms with van der Waals surface area (Å²) in [5, 5.41) is 0. The Morgan fingerprint density at radius 2 is 1.71 bits per heavy atom. The zero-order valence-corrected chi connectivity index (χ0v) is 12.3. The monoisotopic (exact) mass is 287 g/mol. The highest BCUT2D eigenvalue weighted by molar-refractivity contribution is 6.05. The Morgan fingerprint density at radius 3 is 2.43 bits per heavy atom. The summed E-state index contributed by atoms with van der Waals surface area (Å²) in [6, 6.07) is 7.75. The van der Waals surface area contributed by atoms with Gasteiger partial charge in [-0.25, -0.2) is 0 Å². The Kier molecular flexibility index (Phi) is 3.45. The number of likely N-dealkylation sites (N-methyl/N-ethyl adjacent to an activating group) is 1. The predicted octanol–water partition coefficient (Wildman–Crippen LogP) is 1.22. The summed E-state index contributed by atoms with van der Waals surface area (Å²) in [4.78, 5) is 27.3. The van der Waals surface area contributed by atoms with Crippen LogP contribution in [0.25, 0.3) is 0 Å². The van der Waals surface area contributed by atoms with Crippen molar-refractivity contribution in [1.82, 2.24) is 4.90 Å². The molecule has 0 aromatic heterocycles. The Balaban J connectivity index is 1.99. The van der Waals surface area contributed by atoms with E-state index in [1.807, 2.05) is 24.3 Å². The normalized spacial score (nSPS) is 22.0. The minimum atomic E-state index is -0.372. The molecular formula is C16H21N3O2. The number of benzene rings is 1. The van der Waals surface area contributed by atoms with Crippen LogP contribution in [0.5, 0.6) is 0 Å². The number of nitrogens with zero attached hydrogens (tertiary/aromatic N) is 2. The van der Waals surface area contributed by atoms with Crippen molar-refractivity contribution in [2.75, 3.05) is 25.0 Å². The number of hydrogen-bond donors (Lipinski definition) is 1. The molecule has 112 valence electrons. The number of rotatable bonds is 2. The van der Waals surface area contributed by atoms with Gasteiger partial charge in [-0.1, -0.05) is 31.0 Å². The van der Waals surface area contributed by atoms with Crippen molar-refractivity contribution in [1.29, 1.82) is 0 Å². The van der Waals surface area contributed by atoms with Crippen molar-refractivity contribution in [3.63, 3.8) is 0 Å². The fourth-order valence-electron chi connectivity index (χ4n) is 3.35. The quantitative estimate of drug-likeness (QED) is 0.889. The number of piperazine rings is 1. The number of carbonyl (C=O) groups is 2. The molecule has 2 fully saturated rings. The van der Waals surface area contributed by atoms with Gasteiger partial charge >= 0.3 is 0 Å². The molecule has 5 nitrogen and oxygen atoms in total. The van der Waals surface area contributed by atoms with E-state index in [1.165, 1.54) is 4.90 Å². The number of hydrogen-bond acceptors (Lipinski definition) is 3. The number of amides is 2. The third-order valence-electron chi connectivity index (χ3n) is 4.62. The van der Waals surface area contributed by atoms with Crippen LogP contribution in [0, 0.1) is 0 Å². The fourth-order valence-corrected chi connectivity index (χ4v) is 3.35. The summed E-state index contributed by atoms with van der Waals surface area (Å²) in [5.41, 5.74) is 7.98. The molecule has 1 aromatic carbocycles. The Hall–Kier alpha value is -1.88. The van der Waals surface area contributed by atoms with Crippen molar-refractivity contribution in [3.8, 4) is 0 Å². The highest BCUT2D eigenvalue weighted by Gasteiger charge is 2.37. The van der Waals surface area contributed by atoms with Crippen LogP contribution in [0.2, 0.25) is 0 Å². The molecule has 1 aliphatic carbocycles. The second-order valence-electron chi connectivity index (χ2n) is 6.11. The molecular weight excluding hydrogens is 266 g/mol. The van der Waals surface area contributed by atoms with E-state index >= 15 is 0 Å². The average molecular weight is 287 g/mol. The van der Waals surface area contributed by atoms with E-state index in [1.54, 1.807) is 11.9 Å². The van der Waals surface area contributed by atoms with Crippen LogP contribution in [0.1, 0.15) is 31.2 Å². The topological polar surface area (TPSA) is 66.6 Å². The molecule has 1 aliphatic heterocycles. The lowest BCUT2D eigenvalue weighted by atomic mass is 9.87. The highest BCUT2D eigenvalue weighted by Crippen LogP contribution is 2.40. The third kappa shape index (κ3) is 2.42. The van der Waals surface area contributed by atoms with Gasteiger partial charge < -0.3 is 15.5 Å². The molecule has 1 saturated carbocycles. The first kappa shape index (κ1) is 14.1. The third-order valence-corrected chi connectivity index (χ3v) is 4.62. The SMILES string of the molecule is CN1CC(=O)N(c2ccccc2C2(N)CCCC2)CC1=O. The van der Waals surface area contributed by atoms with Crippen LogP contribution in [-0.4, -0.2) is 36.9 Å². The molecule has 3 rings (SSSR count). The second-order valence-corrected chi connectivity index (χ2v) is 6.11. The number of anilines is 1. The summed E-state index contributed by atoms with van der Waals surface area (Å²) in [6.07, 6.45) is 4.08. The first-order valence-electron chi connectivity index (χ1n) is 7.44. The standard InChI is InChI=1S/C16H21N3O2/c1-18-10-15(21)19(11-14(18)20)13-7-3-2-6-12(13)16(17)8-4-5-9-16/h2-3,6-7H,4-5,8-11,17H2,1H3. The predicted molar refractivity (Wildman–Crippen MR) is 80.8 cm³/mol. The molecule has 1 heterocycles. The van der Waals surface area contributed by atoms with E-state index in [-0.39, 0.29) is 30.4 Å². The lowest BCUT2D eigenvalue weighted by molar-refractivity contribution is -0.136. The average Bonchev–Trinajstić information content (AvgIpc) is 2.91. The van der Waals surface area contributed by atoms with Gasteiger partial charge in [-0.05, 0) is 24.5 Å². The summed E-state index contributed by atoms with van der Waals surface area (Å²) in [7, 11) is 1.66. The molecule has 0 radical (unpaired) electrons. The second kappa shape index (κ2) is 5.15. The van der Waals surface area contributed by atoms with Gasteiger partial charge in [0.15, 0.2) is 0 Å². The zero-order valence-electron chi connectivity index (χ0n) is 12.3. The molecule has 21 heavy (non-hydrogen) atoms. The lowest BCUT2D eigenvalue weighted by Crippen LogP contribution is -2.53. The van der Waals surface area contributed by atoms with Gasteiger partial charge in [0.25, 0.3) is 0 Å². The molecule has 0 atom stereocenters. The number of nitrogens with two attached hydrogens (primary N) is 1. The molecule has 2 aliphatic rings. The molecule has 0 spiro atoms. The molecule has 2 amide bonds. The van der Waals surface area contributed by atoms with Gasteiger partial charge in [0.2, 0.25) is 11.8 Å². The van der Waals surface area contributed by atoms with E-state index in [9.17, 15) is 9.59 Å². The van der Waals surface area contributed by atoms with Gasteiger partial charge in [0.1, 0.15) is 6.54 Å². The van der Waals surface area contributed by atoms with Crippen LogP contribution in [-0.2, 0) is 15.1 Å². The minimum absolute atomic E-state index is 0.0399. The zero-order chi connectivity index (χ0) is 15.0. The highest BCUT2D eigenvalue weighted by atomic mass is 16.2. The molecule has 1 saturated heterocycles. The maximum Gasteiger partial charge on any atom is 0.247 e. The van der Waals surface area contributed by atoms with Crippen LogP contribution < -0.4 is 10.6 Å². The summed E-state index contributed by atoms with van der Waals surface area (Å²) < 4.78 is 0. The van der Waals surface area contributed by atoms with Crippen molar-refractivity contribution < 1.29 is 9.59 Å². The van der Waals surface area contributed by atoms with Crippen LogP contribution in [0.3, 0.4) is 0 Å². The summed E-state index contributed by atoms with van der Waals surface area (Å²) in [5.74, 6) is -0.0898. The first-order valence-corrected chi connectivity index (χ1v) is 7.44. The maximum atomic E-state index is 12.3.